The molecule has 0 spiro atoms. The first-order valence-corrected chi connectivity index (χ1v) is 6.78. The maximum Gasteiger partial charge on any atom is 0.121 e. The molecule has 1 heterocycles. The molecule has 0 amide bonds. The van der Waals surface area contributed by atoms with Crippen LogP contribution < -0.4 is 0 Å². The maximum atomic E-state index is 10.3. The highest BCUT2D eigenvalue weighted by atomic mass is 32.1. The van der Waals surface area contributed by atoms with Crippen LogP contribution in [0, 0.1) is 11.8 Å². The monoisotopic (exact) mass is 225 g/mol. The molecule has 0 aromatic carbocycles. The van der Waals surface area contributed by atoms with Crippen molar-refractivity contribution in [1.29, 1.82) is 0 Å². The molecule has 0 bridgehead atoms. The van der Waals surface area contributed by atoms with Crippen LogP contribution >= 0.6 is 11.3 Å². The zero-order chi connectivity index (χ0) is 10.7. The minimum atomic E-state index is -0.324. The molecule has 2 nitrogen and oxygen atoms in total. The van der Waals surface area contributed by atoms with Crippen molar-refractivity contribution in [2.45, 2.75) is 45.1 Å². The van der Waals surface area contributed by atoms with Gasteiger partial charge in [-0.15, -0.1) is 11.3 Å². The summed E-state index contributed by atoms with van der Waals surface area (Å²) in [6, 6.07) is 0. The number of aliphatic hydroxyl groups excluding tert-OH is 1. The molecule has 84 valence electrons. The summed E-state index contributed by atoms with van der Waals surface area (Å²) in [4.78, 5) is 4.23. The molecule has 1 aromatic rings. The summed E-state index contributed by atoms with van der Waals surface area (Å²) in [5, 5.41) is 13.1. The summed E-state index contributed by atoms with van der Waals surface area (Å²) in [5.41, 5.74) is 0. The van der Waals surface area contributed by atoms with Crippen LogP contribution in [-0.2, 0) is 0 Å². The standard InChI is InChI=1S/C12H19NOS/c1-2-9-5-3-4-6-10(9)11(14)12-13-7-8-15-12/h7-11,14H,2-6H2,1H3. The highest BCUT2D eigenvalue weighted by Crippen LogP contribution is 2.40. The van der Waals surface area contributed by atoms with E-state index in [9.17, 15) is 5.11 Å². The number of thiazole rings is 1. The molecule has 3 unspecified atom stereocenters. The second kappa shape index (κ2) is 5.08. The van der Waals surface area contributed by atoms with Crippen molar-refractivity contribution in [2.75, 3.05) is 0 Å². The third-order valence-corrected chi connectivity index (χ3v) is 4.45. The first-order valence-electron chi connectivity index (χ1n) is 5.90. The number of aromatic nitrogens is 1. The smallest absolute Gasteiger partial charge is 0.121 e. The fourth-order valence-electron chi connectivity index (χ4n) is 2.72. The van der Waals surface area contributed by atoms with E-state index >= 15 is 0 Å². The second-order valence-electron chi connectivity index (χ2n) is 4.43. The fraction of sp³-hybridized carbons (Fsp3) is 0.750. The lowest BCUT2D eigenvalue weighted by molar-refractivity contribution is 0.0450. The molecule has 0 aliphatic heterocycles. The molecule has 1 aliphatic rings. The Morgan fingerprint density at radius 3 is 3.00 bits per heavy atom. The van der Waals surface area contributed by atoms with Crippen molar-refractivity contribution >= 4 is 11.3 Å². The van der Waals surface area contributed by atoms with Crippen molar-refractivity contribution in [3.8, 4) is 0 Å². The highest BCUT2D eigenvalue weighted by molar-refractivity contribution is 7.09. The lowest BCUT2D eigenvalue weighted by atomic mass is 9.75. The summed E-state index contributed by atoms with van der Waals surface area (Å²) in [5.74, 6) is 1.13. The second-order valence-corrected chi connectivity index (χ2v) is 5.36. The maximum absolute atomic E-state index is 10.3. The van der Waals surface area contributed by atoms with E-state index in [2.05, 4.69) is 11.9 Å². The van der Waals surface area contributed by atoms with Crippen molar-refractivity contribution in [1.82, 2.24) is 4.98 Å². The van der Waals surface area contributed by atoms with Gasteiger partial charge in [-0.1, -0.05) is 32.6 Å². The fourth-order valence-corrected chi connectivity index (χ4v) is 3.42. The molecule has 3 atom stereocenters. The topological polar surface area (TPSA) is 33.1 Å². The van der Waals surface area contributed by atoms with E-state index in [0.717, 1.165) is 5.01 Å². The molecule has 1 saturated carbocycles. The lowest BCUT2D eigenvalue weighted by Gasteiger charge is -2.33. The first-order chi connectivity index (χ1) is 7.33. The van der Waals surface area contributed by atoms with Crippen LogP contribution in [0.15, 0.2) is 11.6 Å². The Balaban J connectivity index is 2.07. The van der Waals surface area contributed by atoms with Crippen LogP contribution in [0.1, 0.15) is 50.1 Å². The molecular weight excluding hydrogens is 206 g/mol. The van der Waals surface area contributed by atoms with Crippen LogP contribution in [0.2, 0.25) is 0 Å². The number of rotatable bonds is 3. The molecule has 3 heteroatoms. The van der Waals surface area contributed by atoms with E-state index < -0.39 is 0 Å². The highest BCUT2D eigenvalue weighted by Gasteiger charge is 2.31. The first kappa shape index (κ1) is 11.1. The Morgan fingerprint density at radius 1 is 1.53 bits per heavy atom. The van der Waals surface area contributed by atoms with Crippen LogP contribution in [-0.4, -0.2) is 10.1 Å². The molecule has 2 rings (SSSR count). The third kappa shape index (κ3) is 2.40. The minimum Gasteiger partial charge on any atom is -0.386 e. The van der Waals surface area contributed by atoms with Gasteiger partial charge >= 0.3 is 0 Å². The van der Waals surface area contributed by atoms with E-state index in [1.807, 2.05) is 5.38 Å². The zero-order valence-electron chi connectivity index (χ0n) is 9.22. The predicted octanol–water partition coefficient (Wildman–Crippen LogP) is 3.39. The summed E-state index contributed by atoms with van der Waals surface area (Å²) in [7, 11) is 0. The molecule has 1 aromatic heterocycles. The molecule has 1 aliphatic carbocycles. The normalized spacial score (nSPS) is 28.9. The SMILES string of the molecule is CCC1CCCCC1C(O)c1nccs1. The van der Waals surface area contributed by atoms with Gasteiger partial charge in [0.15, 0.2) is 0 Å². The van der Waals surface area contributed by atoms with Crippen LogP contribution in [0.4, 0.5) is 0 Å². The van der Waals surface area contributed by atoms with Crippen molar-refractivity contribution in [2.24, 2.45) is 11.8 Å². The van der Waals surface area contributed by atoms with E-state index in [-0.39, 0.29) is 6.10 Å². The Kier molecular flexibility index (Phi) is 3.76. The number of hydrogen-bond acceptors (Lipinski definition) is 3. The van der Waals surface area contributed by atoms with Gasteiger partial charge in [-0.25, -0.2) is 4.98 Å². The summed E-state index contributed by atoms with van der Waals surface area (Å²) in [6.07, 6.45) is 7.70. The zero-order valence-corrected chi connectivity index (χ0v) is 10.0. The van der Waals surface area contributed by atoms with Crippen LogP contribution in [0.3, 0.4) is 0 Å². The van der Waals surface area contributed by atoms with Crippen LogP contribution in [0.25, 0.3) is 0 Å². The molecule has 0 radical (unpaired) electrons. The van der Waals surface area contributed by atoms with Gasteiger partial charge in [0.25, 0.3) is 0 Å². The van der Waals surface area contributed by atoms with Crippen LogP contribution in [0.5, 0.6) is 0 Å². The largest absolute Gasteiger partial charge is 0.386 e. The van der Waals surface area contributed by atoms with Gasteiger partial charge in [0.05, 0.1) is 0 Å². The van der Waals surface area contributed by atoms with Gasteiger partial charge < -0.3 is 5.11 Å². The Labute approximate surface area is 95.4 Å². The lowest BCUT2D eigenvalue weighted by Crippen LogP contribution is -2.25. The quantitative estimate of drug-likeness (QED) is 0.855. The average Bonchev–Trinajstić information content (AvgIpc) is 2.81. The Hall–Kier alpha value is -0.410. The van der Waals surface area contributed by atoms with E-state index in [1.54, 1.807) is 17.5 Å². The van der Waals surface area contributed by atoms with Gasteiger partial charge in [0, 0.05) is 11.6 Å². The van der Waals surface area contributed by atoms with Crippen molar-refractivity contribution < 1.29 is 5.11 Å². The van der Waals surface area contributed by atoms with Gasteiger partial charge in [-0.3, -0.25) is 0 Å². The van der Waals surface area contributed by atoms with Gasteiger partial charge in [-0.05, 0) is 18.3 Å². The van der Waals surface area contributed by atoms with Crippen molar-refractivity contribution in [3.63, 3.8) is 0 Å². The summed E-state index contributed by atoms with van der Waals surface area (Å²) in [6.45, 7) is 2.23. The summed E-state index contributed by atoms with van der Waals surface area (Å²) >= 11 is 1.58. The molecule has 15 heavy (non-hydrogen) atoms. The van der Waals surface area contributed by atoms with E-state index in [1.165, 1.54) is 32.1 Å². The summed E-state index contributed by atoms with van der Waals surface area (Å²) < 4.78 is 0. The predicted molar refractivity (Wildman–Crippen MR) is 62.8 cm³/mol. The van der Waals surface area contributed by atoms with E-state index in [4.69, 9.17) is 0 Å². The molecule has 0 saturated heterocycles. The molecule has 1 fully saturated rings. The number of hydrogen-bond donors (Lipinski definition) is 1. The van der Waals surface area contributed by atoms with Crippen molar-refractivity contribution in [3.05, 3.63) is 16.6 Å². The molecular formula is C12H19NOS. The van der Waals surface area contributed by atoms with E-state index in [0.29, 0.717) is 11.8 Å². The van der Waals surface area contributed by atoms with Gasteiger partial charge in [-0.2, -0.15) is 0 Å². The average molecular weight is 225 g/mol. The Bertz CT molecular complexity index is 286. The minimum absolute atomic E-state index is 0.324. The van der Waals surface area contributed by atoms with Gasteiger partial charge in [0.2, 0.25) is 0 Å². The Morgan fingerprint density at radius 2 is 2.33 bits per heavy atom. The van der Waals surface area contributed by atoms with Gasteiger partial charge in [0.1, 0.15) is 11.1 Å². The number of nitrogens with zero attached hydrogens (tertiary/aromatic N) is 1. The number of aliphatic hydroxyl groups is 1. The third-order valence-electron chi connectivity index (χ3n) is 3.60. The molecule has 1 N–H and O–H groups in total.